The molecule has 0 aliphatic carbocycles. The predicted octanol–water partition coefficient (Wildman–Crippen LogP) is 7.22. The average molecular weight is 584 g/mol. The molecule has 0 saturated heterocycles. The van der Waals surface area contributed by atoms with Crippen LogP contribution in [0, 0.1) is 20.8 Å². The number of rotatable bonds is 10. The number of hydrogen-bond acceptors (Lipinski definition) is 7. The van der Waals surface area contributed by atoms with Gasteiger partial charge in [0.25, 0.3) is 5.91 Å². The smallest absolute Gasteiger partial charge is 0.255 e. The molecule has 5 rings (SSSR count). The zero-order valence-electron chi connectivity index (χ0n) is 24.9. The Balaban J connectivity index is 1.51. The Labute approximate surface area is 251 Å². The summed E-state index contributed by atoms with van der Waals surface area (Å²) in [5, 5.41) is 11.9. The van der Waals surface area contributed by atoms with Gasteiger partial charge in [-0.05, 0) is 69.0 Å². The molecule has 3 aromatic carbocycles. The van der Waals surface area contributed by atoms with E-state index in [1.54, 1.807) is 23.6 Å². The molecule has 0 radical (unpaired) electrons. The molecule has 9 heteroatoms. The number of allylic oxidation sites excluding steroid dienone is 1. The van der Waals surface area contributed by atoms with Gasteiger partial charge >= 0.3 is 0 Å². The van der Waals surface area contributed by atoms with Crippen molar-refractivity contribution < 1.29 is 14.3 Å². The van der Waals surface area contributed by atoms with Crippen molar-refractivity contribution >= 4 is 29.3 Å². The molecule has 1 aromatic heterocycles. The maximum Gasteiger partial charge on any atom is 0.255 e. The number of methoxy groups -OCH3 is 1. The molecule has 2 N–H and O–H groups in total. The van der Waals surface area contributed by atoms with Crippen molar-refractivity contribution in [2.45, 2.75) is 58.8 Å². The molecule has 1 aliphatic rings. The summed E-state index contributed by atoms with van der Waals surface area (Å²) in [5.74, 6) is 2.49. The van der Waals surface area contributed by atoms with Gasteiger partial charge in [-0.3, -0.25) is 4.79 Å². The van der Waals surface area contributed by atoms with Crippen molar-refractivity contribution in [3.8, 4) is 11.5 Å². The van der Waals surface area contributed by atoms with Crippen LogP contribution in [0.15, 0.2) is 77.1 Å². The molecular formula is C33H37N5O3S. The number of benzene rings is 3. The van der Waals surface area contributed by atoms with Crippen LogP contribution in [0.25, 0.3) is 0 Å². The first-order valence-electron chi connectivity index (χ1n) is 14.1. The average Bonchev–Trinajstić information content (AvgIpc) is 3.38. The summed E-state index contributed by atoms with van der Waals surface area (Å²) in [6, 6.07) is 19.5. The SMILES string of the molecule is CCCSc1nc2n(n1)C(c1ccc(OCc3ccc(C)cc3)c(OC)c1)C(C(=O)Nc1ccc(C)cc1C)=C(C)N2. The maximum atomic E-state index is 14.0. The van der Waals surface area contributed by atoms with Crippen LogP contribution in [0.3, 0.4) is 0 Å². The fraction of sp³-hybridized carbons (Fsp3) is 0.303. The van der Waals surface area contributed by atoms with Crippen molar-refractivity contribution in [2.75, 3.05) is 23.5 Å². The Morgan fingerprint density at radius 1 is 1.00 bits per heavy atom. The van der Waals surface area contributed by atoms with Crippen molar-refractivity contribution in [1.82, 2.24) is 14.8 Å². The van der Waals surface area contributed by atoms with Crippen LogP contribution in [0.5, 0.6) is 11.5 Å². The van der Waals surface area contributed by atoms with E-state index >= 15 is 0 Å². The summed E-state index contributed by atoms with van der Waals surface area (Å²) in [4.78, 5) is 18.7. The normalized spacial score (nSPS) is 14.3. The first-order valence-corrected chi connectivity index (χ1v) is 15.1. The summed E-state index contributed by atoms with van der Waals surface area (Å²) >= 11 is 1.60. The van der Waals surface area contributed by atoms with E-state index in [1.807, 2.05) is 51.1 Å². The summed E-state index contributed by atoms with van der Waals surface area (Å²) in [7, 11) is 1.62. The Bertz CT molecular complexity index is 1630. The maximum absolute atomic E-state index is 14.0. The zero-order chi connectivity index (χ0) is 29.8. The molecule has 1 unspecified atom stereocenters. The highest BCUT2D eigenvalue weighted by atomic mass is 32.2. The second-order valence-corrected chi connectivity index (χ2v) is 11.6. The number of carbonyl (C=O) groups excluding carboxylic acids is 1. The van der Waals surface area contributed by atoms with Crippen molar-refractivity contribution in [2.24, 2.45) is 0 Å². The van der Waals surface area contributed by atoms with Gasteiger partial charge in [0, 0.05) is 17.1 Å². The quantitative estimate of drug-likeness (QED) is 0.191. The number of nitrogens with one attached hydrogen (secondary N) is 2. The molecule has 0 saturated carbocycles. The van der Waals surface area contributed by atoms with Gasteiger partial charge in [-0.15, -0.1) is 5.10 Å². The minimum absolute atomic E-state index is 0.209. The number of carbonyl (C=O) groups is 1. The second-order valence-electron chi connectivity index (χ2n) is 10.5. The van der Waals surface area contributed by atoms with Crippen molar-refractivity contribution in [3.05, 3.63) is 99.8 Å². The molecule has 218 valence electrons. The molecule has 1 atom stereocenters. The van der Waals surface area contributed by atoms with Gasteiger partial charge in [0.2, 0.25) is 11.1 Å². The van der Waals surface area contributed by atoms with E-state index in [1.165, 1.54) is 5.56 Å². The van der Waals surface area contributed by atoms with Gasteiger partial charge in [-0.1, -0.05) is 72.3 Å². The number of anilines is 2. The largest absolute Gasteiger partial charge is 0.493 e. The third kappa shape index (κ3) is 6.31. The third-order valence-electron chi connectivity index (χ3n) is 7.16. The number of aromatic nitrogens is 3. The number of aryl methyl sites for hydroxylation is 3. The molecule has 2 heterocycles. The predicted molar refractivity (Wildman–Crippen MR) is 169 cm³/mol. The number of fused-ring (bicyclic) bond motifs is 1. The minimum atomic E-state index is -0.532. The van der Waals surface area contributed by atoms with Crippen LogP contribution in [0.4, 0.5) is 11.6 Å². The Kier molecular flexibility index (Phi) is 8.87. The molecule has 0 fully saturated rings. The standard InChI is InChI=1S/C33H37N5O3S/c1-7-16-42-33-36-32-34-23(5)29(31(39)35-26-14-10-21(3)17-22(26)4)30(38(32)37-33)25-13-15-27(28(18-25)40-6)41-19-24-11-8-20(2)9-12-24/h8-15,17-18,30H,7,16,19H2,1-6H3,(H,35,39)(H,34,36,37). The van der Waals surface area contributed by atoms with Gasteiger partial charge in [-0.2, -0.15) is 4.98 Å². The third-order valence-corrected chi connectivity index (χ3v) is 8.21. The van der Waals surface area contributed by atoms with E-state index in [9.17, 15) is 4.79 Å². The second kappa shape index (κ2) is 12.7. The lowest BCUT2D eigenvalue weighted by Crippen LogP contribution is -2.31. The van der Waals surface area contributed by atoms with Gasteiger partial charge < -0.3 is 20.1 Å². The van der Waals surface area contributed by atoms with Crippen LogP contribution >= 0.6 is 11.8 Å². The Hall–Kier alpha value is -4.24. The fourth-order valence-corrected chi connectivity index (χ4v) is 5.63. The molecule has 0 bridgehead atoms. The van der Waals surface area contributed by atoms with E-state index in [0.717, 1.165) is 40.1 Å². The summed E-state index contributed by atoms with van der Waals surface area (Å²) in [5.41, 5.74) is 7.27. The lowest BCUT2D eigenvalue weighted by atomic mass is 9.94. The zero-order valence-corrected chi connectivity index (χ0v) is 25.8. The van der Waals surface area contributed by atoms with Gasteiger partial charge in [0.05, 0.1) is 12.7 Å². The van der Waals surface area contributed by atoms with Crippen LogP contribution < -0.4 is 20.1 Å². The van der Waals surface area contributed by atoms with E-state index < -0.39 is 6.04 Å². The molecule has 4 aromatic rings. The van der Waals surface area contributed by atoms with Gasteiger partial charge in [0.1, 0.15) is 12.6 Å². The van der Waals surface area contributed by atoms with Crippen molar-refractivity contribution in [1.29, 1.82) is 0 Å². The van der Waals surface area contributed by atoms with E-state index in [4.69, 9.17) is 19.6 Å². The first-order chi connectivity index (χ1) is 20.3. The lowest BCUT2D eigenvalue weighted by molar-refractivity contribution is -0.113. The monoisotopic (exact) mass is 583 g/mol. The fourth-order valence-electron chi connectivity index (χ4n) is 4.95. The molecule has 42 heavy (non-hydrogen) atoms. The van der Waals surface area contributed by atoms with Crippen LogP contribution in [-0.2, 0) is 11.4 Å². The number of thioether (sulfide) groups is 1. The number of hydrogen-bond donors (Lipinski definition) is 2. The highest BCUT2D eigenvalue weighted by Gasteiger charge is 2.35. The van der Waals surface area contributed by atoms with E-state index in [0.29, 0.717) is 40.5 Å². The molecule has 1 aliphatic heterocycles. The van der Waals surface area contributed by atoms with Crippen LogP contribution in [-0.4, -0.2) is 33.5 Å². The Morgan fingerprint density at radius 2 is 1.76 bits per heavy atom. The number of amides is 1. The minimum Gasteiger partial charge on any atom is -0.493 e. The number of ether oxygens (including phenoxy) is 2. The highest BCUT2D eigenvalue weighted by Crippen LogP contribution is 2.40. The molecular weight excluding hydrogens is 546 g/mol. The topological polar surface area (TPSA) is 90.3 Å². The Morgan fingerprint density at radius 3 is 2.48 bits per heavy atom. The molecule has 0 spiro atoms. The van der Waals surface area contributed by atoms with E-state index in [-0.39, 0.29) is 5.91 Å². The molecule has 8 nitrogen and oxygen atoms in total. The lowest BCUT2D eigenvalue weighted by Gasteiger charge is -2.29. The van der Waals surface area contributed by atoms with Gasteiger partial charge in [-0.25, -0.2) is 4.68 Å². The van der Waals surface area contributed by atoms with Crippen LogP contribution in [0.1, 0.15) is 54.1 Å². The first kappa shape index (κ1) is 29.3. The van der Waals surface area contributed by atoms with Crippen LogP contribution in [0.2, 0.25) is 0 Å². The van der Waals surface area contributed by atoms with E-state index in [2.05, 4.69) is 54.8 Å². The number of nitrogens with zero attached hydrogens (tertiary/aromatic N) is 3. The summed E-state index contributed by atoms with van der Waals surface area (Å²) < 4.78 is 13.7. The summed E-state index contributed by atoms with van der Waals surface area (Å²) in [6.07, 6.45) is 1.01. The summed E-state index contributed by atoms with van der Waals surface area (Å²) in [6.45, 7) is 10.5. The van der Waals surface area contributed by atoms with Gasteiger partial charge in [0.15, 0.2) is 11.5 Å². The van der Waals surface area contributed by atoms with Crippen molar-refractivity contribution in [3.63, 3.8) is 0 Å². The molecule has 1 amide bonds. The highest BCUT2D eigenvalue weighted by molar-refractivity contribution is 7.99.